The maximum atomic E-state index is 12.7. The monoisotopic (exact) mass is 379 g/mol. The van der Waals surface area contributed by atoms with Crippen LogP contribution >= 0.6 is 0 Å². The molecule has 0 aliphatic carbocycles. The van der Waals surface area contributed by atoms with Crippen molar-refractivity contribution >= 4 is 23.6 Å². The van der Waals surface area contributed by atoms with E-state index in [4.69, 9.17) is 19.5 Å². The number of amides is 2. The van der Waals surface area contributed by atoms with Crippen molar-refractivity contribution in [1.29, 1.82) is 5.26 Å². The van der Waals surface area contributed by atoms with Gasteiger partial charge in [-0.05, 0) is 35.9 Å². The van der Waals surface area contributed by atoms with E-state index in [2.05, 4.69) is 5.43 Å². The van der Waals surface area contributed by atoms with Gasteiger partial charge in [-0.2, -0.15) is 5.26 Å². The van der Waals surface area contributed by atoms with Crippen LogP contribution in [0.15, 0.2) is 48.0 Å². The summed E-state index contributed by atoms with van der Waals surface area (Å²) < 4.78 is 15.9. The number of ether oxygens (including phenoxy) is 3. The third-order valence-corrected chi connectivity index (χ3v) is 3.98. The average molecular weight is 379 g/mol. The lowest BCUT2D eigenvalue weighted by atomic mass is 10.1. The van der Waals surface area contributed by atoms with Gasteiger partial charge >= 0.3 is 0 Å². The number of carbonyl (C=O) groups excluding carboxylic acids is 2. The van der Waals surface area contributed by atoms with Crippen LogP contribution in [-0.2, 0) is 9.59 Å². The molecule has 2 aromatic carbocycles. The van der Waals surface area contributed by atoms with Crippen molar-refractivity contribution < 1.29 is 23.8 Å². The second-order valence-electron chi connectivity index (χ2n) is 5.68. The van der Waals surface area contributed by atoms with E-state index in [-0.39, 0.29) is 17.9 Å². The number of nitrogens with one attached hydrogen (secondary N) is 1. The number of hydrogen-bond acceptors (Lipinski definition) is 6. The summed E-state index contributed by atoms with van der Waals surface area (Å²) in [5, 5.41) is 9.91. The molecular formula is C20H17N3O5. The number of carbonyl (C=O) groups is 2. The molecule has 0 radical (unpaired) electrons. The van der Waals surface area contributed by atoms with Crippen molar-refractivity contribution in [2.24, 2.45) is 0 Å². The van der Waals surface area contributed by atoms with Crippen molar-refractivity contribution in [3.05, 3.63) is 53.6 Å². The fourth-order valence-corrected chi connectivity index (χ4v) is 2.71. The van der Waals surface area contributed by atoms with E-state index in [0.29, 0.717) is 22.7 Å². The number of nitriles is 1. The lowest BCUT2D eigenvalue weighted by Crippen LogP contribution is -2.35. The predicted molar refractivity (Wildman–Crippen MR) is 101 cm³/mol. The van der Waals surface area contributed by atoms with Crippen LogP contribution in [0.25, 0.3) is 6.08 Å². The van der Waals surface area contributed by atoms with Crippen molar-refractivity contribution in [2.45, 2.75) is 0 Å². The van der Waals surface area contributed by atoms with Gasteiger partial charge < -0.3 is 14.2 Å². The van der Waals surface area contributed by atoms with E-state index in [9.17, 15) is 9.59 Å². The molecule has 3 rings (SSSR count). The highest BCUT2D eigenvalue weighted by Gasteiger charge is 2.34. The van der Waals surface area contributed by atoms with Crippen LogP contribution in [-0.4, -0.2) is 32.6 Å². The molecule has 1 fully saturated rings. The van der Waals surface area contributed by atoms with Gasteiger partial charge in [0.05, 0.1) is 19.9 Å². The van der Waals surface area contributed by atoms with Gasteiger partial charge in [0.1, 0.15) is 11.6 Å². The zero-order valence-electron chi connectivity index (χ0n) is 15.3. The van der Waals surface area contributed by atoms with Crippen molar-refractivity contribution in [1.82, 2.24) is 5.43 Å². The summed E-state index contributed by atoms with van der Waals surface area (Å²) in [4.78, 5) is 25.0. The smallest absolute Gasteiger partial charge is 0.282 e. The van der Waals surface area contributed by atoms with Gasteiger partial charge in [-0.3, -0.25) is 15.0 Å². The number of methoxy groups -OCH3 is 2. The van der Waals surface area contributed by atoms with Crippen molar-refractivity contribution in [3.8, 4) is 23.3 Å². The number of anilines is 1. The fraction of sp³-hybridized carbons (Fsp3) is 0.150. The minimum atomic E-state index is -0.517. The van der Waals surface area contributed by atoms with Gasteiger partial charge in [-0.1, -0.05) is 18.2 Å². The SMILES string of the molecule is COc1cc(/C=C2/C(=O)NN(c3ccccc3)C2=O)cc(OC)c1OCC#N. The number of para-hydroxylation sites is 1. The molecule has 0 spiro atoms. The first-order valence-electron chi connectivity index (χ1n) is 8.27. The standard InChI is InChI=1S/C20H17N3O5/c1-26-16-11-13(12-17(27-2)18(16)28-9-8-21)10-15-19(24)22-23(20(15)25)14-6-4-3-5-7-14/h3-7,10-12H,9H2,1-2H3,(H,22,24)/b15-10-. The fourth-order valence-electron chi connectivity index (χ4n) is 2.71. The van der Waals surface area contributed by atoms with E-state index < -0.39 is 11.8 Å². The van der Waals surface area contributed by atoms with E-state index in [0.717, 1.165) is 0 Å². The van der Waals surface area contributed by atoms with Gasteiger partial charge in [0.2, 0.25) is 5.75 Å². The zero-order chi connectivity index (χ0) is 20.1. The highest BCUT2D eigenvalue weighted by atomic mass is 16.5. The van der Waals surface area contributed by atoms with Gasteiger partial charge in [-0.15, -0.1) is 0 Å². The first-order chi connectivity index (χ1) is 13.6. The lowest BCUT2D eigenvalue weighted by molar-refractivity contribution is -0.117. The summed E-state index contributed by atoms with van der Waals surface area (Å²) in [6.45, 7) is -0.180. The van der Waals surface area contributed by atoms with Gasteiger partial charge in [-0.25, -0.2) is 5.01 Å². The highest BCUT2D eigenvalue weighted by molar-refractivity contribution is 6.31. The minimum absolute atomic E-state index is 0.0290. The largest absolute Gasteiger partial charge is 0.493 e. The Labute approximate surface area is 161 Å². The molecule has 1 aliphatic heterocycles. The Kier molecular flexibility index (Phi) is 5.46. The average Bonchev–Trinajstić information content (AvgIpc) is 3.01. The summed E-state index contributed by atoms with van der Waals surface area (Å²) in [7, 11) is 2.88. The predicted octanol–water partition coefficient (Wildman–Crippen LogP) is 2.07. The second-order valence-corrected chi connectivity index (χ2v) is 5.68. The molecule has 0 atom stereocenters. The highest BCUT2D eigenvalue weighted by Crippen LogP contribution is 2.39. The number of rotatable bonds is 6. The third-order valence-electron chi connectivity index (χ3n) is 3.98. The molecule has 8 heteroatoms. The molecule has 1 N–H and O–H groups in total. The quantitative estimate of drug-likeness (QED) is 0.609. The van der Waals surface area contributed by atoms with Crippen LogP contribution in [0, 0.1) is 11.3 Å². The Balaban J connectivity index is 1.97. The Hall–Kier alpha value is -3.99. The van der Waals surface area contributed by atoms with Crippen LogP contribution in [0.3, 0.4) is 0 Å². The van der Waals surface area contributed by atoms with E-state index >= 15 is 0 Å². The topological polar surface area (TPSA) is 101 Å². The normalized spacial score (nSPS) is 14.6. The molecule has 8 nitrogen and oxygen atoms in total. The van der Waals surface area contributed by atoms with Crippen molar-refractivity contribution in [2.75, 3.05) is 25.8 Å². The molecule has 1 saturated heterocycles. The molecule has 2 amide bonds. The molecule has 0 bridgehead atoms. The molecule has 2 aromatic rings. The molecule has 28 heavy (non-hydrogen) atoms. The maximum absolute atomic E-state index is 12.7. The summed E-state index contributed by atoms with van der Waals surface area (Å²) in [5.74, 6) is -0.100. The maximum Gasteiger partial charge on any atom is 0.282 e. The van der Waals surface area contributed by atoms with Crippen LogP contribution in [0.1, 0.15) is 5.56 Å². The number of benzene rings is 2. The molecule has 1 heterocycles. The Morgan fingerprint density at radius 1 is 1.11 bits per heavy atom. The first kappa shape index (κ1) is 18.8. The Morgan fingerprint density at radius 2 is 1.75 bits per heavy atom. The Bertz CT molecular complexity index is 954. The molecule has 0 saturated carbocycles. The second kappa shape index (κ2) is 8.14. The lowest BCUT2D eigenvalue weighted by Gasteiger charge is -2.14. The van der Waals surface area contributed by atoms with E-state index in [1.54, 1.807) is 36.4 Å². The Morgan fingerprint density at radius 3 is 2.32 bits per heavy atom. The van der Waals surface area contributed by atoms with Crippen LogP contribution < -0.4 is 24.6 Å². The molecular weight excluding hydrogens is 362 g/mol. The van der Waals surface area contributed by atoms with Crippen molar-refractivity contribution in [3.63, 3.8) is 0 Å². The molecule has 1 aliphatic rings. The number of nitrogens with zero attached hydrogens (tertiary/aromatic N) is 2. The van der Waals surface area contributed by atoms with Crippen LogP contribution in [0.2, 0.25) is 0 Å². The molecule has 0 aromatic heterocycles. The first-order valence-corrected chi connectivity index (χ1v) is 8.27. The zero-order valence-corrected chi connectivity index (χ0v) is 15.3. The summed E-state index contributed by atoms with van der Waals surface area (Å²) in [6.07, 6.45) is 1.44. The molecule has 142 valence electrons. The van der Waals surface area contributed by atoms with E-state index in [1.165, 1.54) is 25.3 Å². The number of hydrogen-bond donors (Lipinski definition) is 1. The van der Waals surface area contributed by atoms with Crippen LogP contribution in [0.5, 0.6) is 17.2 Å². The van der Waals surface area contributed by atoms with Gasteiger partial charge in [0.15, 0.2) is 18.1 Å². The summed E-state index contributed by atoms with van der Waals surface area (Å²) in [5.41, 5.74) is 3.57. The number of hydrazine groups is 1. The summed E-state index contributed by atoms with van der Waals surface area (Å²) >= 11 is 0. The third kappa shape index (κ3) is 3.59. The summed E-state index contributed by atoms with van der Waals surface area (Å²) in [6, 6.07) is 13.8. The van der Waals surface area contributed by atoms with Crippen LogP contribution in [0.4, 0.5) is 5.69 Å². The van der Waals surface area contributed by atoms with Gasteiger partial charge in [0, 0.05) is 0 Å². The molecule has 0 unspecified atom stereocenters. The van der Waals surface area contributed by atoms with E-state index in [1.807, 2.05) is 12.1 Å². The minimum Gasteiger partial charge on any atom is -0.493 e. The van der Waals surface area contributed by atoms with Gasteiger partial charge in [0.25, 0.3) is 11.8 Å².